The molecule has 0 amide bonds. The molecule has 0 aliphatic heterocycles. The van der Waals surface area contributed by atoms with Gasteiger partial charge in [0.2, 0.25) is 0 Å². The van der Waals surface area contributed by atoms with Gasteiger partial charge in [-0.05, 0) is 18.2 Å². The molecule has 0 saturated heterocycles. The number of carboxylic acid groups (broad SMARTS) is 2. The highest BCUT2D eigenvalue weighted by Crippen LogP contribution is 2.23. The van der Waals surface area contributed by atoms with Gasteiger partial charge in [-0.2, -0.15) is 0 Å². The van der Waals surface area contributed by atoms with Gasteiger partial charge in [-0.15, -0.1) is 0 Å². The third kappa shape index (κ3) is 3.76. The lowest BCUT2D eigenvalue weighted by Gasteiger charge is -2.19. The smallest absolute Gasteiger partial charge is 0.328 e. The van der Waals surface area contributed by atoms with E-state index < -0.39 is 24.0 Å². The monoisotopic (exact) mass is 292 g/mol. The van der Waals surface area contributed by atoms with Crippen molar-refractivity contribution in [3.63, 3.8) is 0 Å². The Morgan fingerprint density at radius 1 is 1.11 bits per heavy atom. The summed E-state index contributed by atoms with van der Waals surface area (Å²) in [5, 5.41) is 20.7. The van der Waals surface area contributed by atoms with E-state index >= 15 is 0 Å². The summed E-state index contributed by atoms with van der Waals surface area (Å²) in [7, 11) is 0. The van der Waals surface area contributed by atoms with E-state index in [1.807, 2.05) is 0 Å². The van der Waals surface area contributed by atoms with Crippen LogP contribution in [0.3, 0.4) is 0 Å². The lowest BCUT2D eigenvalue weighted by molar-refractivity contribution is -0.145. The van der Waals surface area contributed by atoms with E-state index in [0.29, 0.717) is 0 Å². The molecular weight excluding hydrogens is 283 g/mol. The first-order valence-electron chi connectivity index (χ1n) is 4.75. The Hall–Kier alpha value is -1.50. The zero-order valence-electron chi connectivity index (χ0n) is 8.93. The SMILES string of the molecule is NC(C(=O)O)C(Nc1cc(Cl)cc(Cl)c1)C(=O)O. The van der Waals surface area contributed by atoms with Crippen LogP contribution < -0.4 is 11.1 Å². The van der Waals surface area contributed by atoms with Gasteiger partial charge in [-0.25, -0.2) is 4.79 Å². The van der Waals surface area contributed by atoms with Crippen molar-refractivity contribution >= 4 is 40.8 Å². The van der Waals surface area contributed by atoms with E-state index in [1.54, 1.807) is 0 Å². The van der Waals surface area contributed by atoms with Crippen LogP contribution in [-0.2, 0) is 9.59 Å². The van der Waals surface area contributed by atoms with Crippen molar-refractivity contribution in [1.82, 2.24) is 0 Å². The largest absolute Gasteiger partial charge is 0.480 e. The lowest BCUT2D eigenvalue weighted by atomic mass is 10.1. The average Bonchev–Trinajstić information content (AvgIpc) is 2.23. The number of anilines is 1. The first-order chi connectivity index (χ1) is 8.31. The minimum absolute atomic E-state index is 0.275. The zero-order valence-corrected chi connectivity index (χ0v) is 10.4. The van der Waals surface area contributed by atoms with Gasteiger partial charge in [0, 0.05) is 15.7 Å². The first-order valence-corrected chi connectivity index (χ1v) is 5.50. The highest BCUT2D eigenvalue weighted by molar-refractivity contribution is 6.35. The third-order valence-corrected chi connectivity index (χ3v) is 2.53. The maximum absolute atomic E-state index is 10.9. The van der Waals surface area contributed by atoms with Crippen LogP contribution in [-0.4, -0.2) is 34.2 Å². The molecule has 0 bridgehead atoms. The highest BCUT2D eigenvalue weighted by Gasteiger charge is 2.30. The number of nitrogens with two attached hydrogens (primary N) is 1. The maximum Gasteiger partial charge on any atom is 0.328 e. The van der Waals surface area contributed by atoms with E-state index in [-0.39, 0.29) is 15.7 Å². The van der Waals surface area contributed by atoms with E-state index in [0.717, 1.165) is 0 Å². The zero-order chi connectivity index (χ0) is 13.9. The molecule has 1 aromatic carbocycles. The van der Waals surface area contributed by atoms with Crippen LogP contribution in [0.2, 0.25) is 10.0 Å². The van der Waals surface area contributed by atoms with Crippen LogP contribution in [0.4, 0.5) is 5.69 Å². The van der Waals surface area contributed by atoms with Crippen LogP contribution in [0.15, 0.2) is 18.2 Å². The molecule has 1 rings (SSSR count). The van der Waals surface area contributed by atoms with Gasteiger partial charge in [0.1, 0.15) is 6.04 Å². The third-order valence-electron chi connectivity index (χ3n) is 2.10. The van der Waals surface area contributed by atoms with Crippen molar-refractivity contribution in [1.29, 1.82) is 0 Å². The minimum Gasteiger partial charge on any atom is -0.480 e. The Morgan fingerprint density at radius 3 is 2.00 bits per heavy atom. The van der Waals surface area contributed by atoms with Gasteiger partial charge in [-0.3, -0.25) is 4.79 Å². The minimum atomic E-state index is -1.60. The summed E-state index contributed by atoms with van der Waals surface area (Å²) < 4.78 is 0. The molecule has 2 unspecified atom stereocenters. The van der Waals surface area contributed by atoms with Crippen molar-refractivity contribution in [2.75, 3.05) is 5.32 Å². The number of benzene rings is 1. The molecule has 0 heterocycles. The number of rotatable bonds is 5. The molecule has 0 saturated carbocycles. The second-order valence-electron chi connectivity index (χ2n) is 3.48. The molecule has 98 valence electrons. The lowest BCUT2D eigenvalue weighted by Crippen LogP contribution is -2.50. The summed E-state index contributed by atoms with van der Waals surface area (Å²) >= 11 is 11.5. The van der Waals surface area contributed by atoms with Crippen molar-refractivity contribution in [3.8, 4) is 0 Å². The number of carbonyl (C=O) groups is 2. The van der Waals surface area contributed by atoms with Crippen LogP contribution in [0, 0.1) is 0 Å². The molecule has 0 aromatic heterocycles. The van der Waals surface area contributed by atoms with E-state index in [4.69, 9.17) is 39.1 Å². The topological polar surface area (TPSA) is 113 Å². The molecule has 18 heavy (non-hydrogen) atoms. The van der Waals surface area contributed by atoms with Gasteiger partial charge in [0.05, 0.1) is 0 Å². The number of carboxylic acids is 2. The summed E-state index contributed by atoms with van der Waals surface area (Å²) in [5.41, 5.74) is 5.55. The number of hydrogen-bond acceptors (Lipinski definition) is 4. The molecule has 2 atom stereocenters. The van der Waals surface area contributed by atoms with E-state index in [2.05, 4.69) is 5.32 Å². The standard InChI is InChI=1S/C10H10Cl2N2O4/c11-4-1-5(12)3-6(2-4)14-8(10(17)18)7(13)9(15)16/h1-3,7-8,14H,13H2,(H,15,16)(H,17,18). The van der Waals surface area contributed by atoms with Crippen molar-refractivity contribution in [2.24, 2.45) is 5.73 Å². The van der Waals surface area contributed by atoms with E-state index in [1.165, 1.54) is 18.2 Å². The summed E-state index contributed by atoms with van der Waals surface area (Å²) in [6, 6.07) is 1.20. The predicted octanol–water partition coefficient (Wildman–Crippen LogP) is 1.27. The summed E-state index contributed by atoms with van der Waals surface area (Å²) in [6.45, 7) is 0. The fourth-order valence-electron chi connectivity index (χ4n) is 1.26. The molecular formula is C10H10Cl2N2O4. The normalized spacial score (nSPS) is 13.7. The Kier molecular flexibility index (Phi) is 4.77. The molecule has 0 aliphatic rings. The van der Waals surface area contributed by atoms with Crippen LogP contribution in [0.1, 0.15) is 0 Å². The number of nitrogens with one attached hydrogen (secondary N) is 1. The van der Waals surface area contributed by atoms with Gasteiger partial charge in [0.25, 0.3) is 0 Å². The molecule has 0 spiro atoms. The van der Waals surface area contributed by atoms with Crippen molar-refractivity contribution in [3.05, 3.63) is 28.2 Å². The summed E-state index contributed by atoms with van der Waals surface area (Å²) in [6.07, 6.45) is 0. The van der Waals surface area contributed by atoms with E-state index in [9.17, 15) is 9.59 Å². The van der Waals surface area contributed by atoms with Crippen LogP contribution in [0.25, 0.3) is 0 Å². The molecule has 0 radical (unpaired) electrons. The van der Waals surface area contributed by atoms with Gasteiger partial charge in [-0.1, -0.05) is 23.2 Å². The summed E-state index contributed by atoms with van der Waals surface area (Å²) in [5.74, 6) is -2.82. The Bertz CT molecular complexity index is 461. The fourth-order valence-corrected chi connectivity index (χ4v) is 1.79. The molecule has 1 aromatic rings. The quantitative estimate of drug-likeness (QED) is 0.650. The number of hydrogen-bond donors (Lipinski definition) is 4. The summed E-state index contributed by atoms with van der Waals surface area (Å²) in [4.78, 5) is 21.6. The molecule has 6 nitrogen and oxygen atoms in total. The Labute approximate surface area is 112 Å². The second kappa shape index (κ2) is 5.90. The Morgan fingerprint density at radius 2 is 1.61 bits per heavy atom. The molecule has 5 N–H and O–H groups in total. The van der Waals surface area contributed by atoms with Crippen molar-refractivity contribution < 1.29 is 19.8 Å². The number of aliphatic carboxylic acids is 2. The van der Waals surface area contributed by atoms with Crippen LogP contribution in [0.5, 0.6) is 0 Å². The molecule has 0 fully saturated rings. The van der Waals surface area contributed by atoms with Crippen LogP contribution >= 0.6 is 23.2 Å². The predicted molar refractivity (Wildman–Crippen MR) is 67.1 cm³/mol. The molecule has 8 heteroatoms. The molecule has 0 aliphatic carbocycles. The second-order valence-corrected chi connectivity index (χ2v) is 4.36. The highest BCUT2D eigenvalue weighted by atomic mass is 35.5. The fraction of sp³-hybridized carbons (Fsp3) is 0.200. The van der Waals surface area contributed by atoms with Crippen molar-refractivity contribution in [2.45, 2.75) is 12.1 Å². The average molecular weight is 293 g/mol. The van der Waals surface area contributed by atoms with Gasteiger partial charge >= 0.3 is 11.9 Å². The van der Waals surface area contributed by atoms with Gasteiger partial charge in [0.15, 0.2) is 6.04 Å². The van der Waals surface area contributed by atoms with Gasteiger partial charge < -0.3 is 21.3 Å². The Balaban J connectivity index is 2.96. The number of halogens is 2. The first kappa shape index (κ1) is 14.6. The maximum atomic E-state index is 10.9.